The van der Waals surface area contributed by atoms with E-state index in [-0.39, 0.29) is 12.5 Å². The molecule has 5 rings (SSSR count). The summed E-state index contributed by atoms with van der Waals surface area (Å²) in [4.78, 5) is 0. The molecular formula is C27H41NO9. The van der Waals surface area contributed by atoms with E-state index in [4.69, 9.17) is 43.6 Å². The first-order valence-electron chi connectivity index (χ1n) is 13.1. The van der Waals surface area contributed by atoms with E-state index < -0.39 is 66.3 Å². The first-order chi connectivity index (χ1) is 17.3. The van der Waals surface area contributed by atoms with Gasteiger partial charge in [-0.1, -0.05) is 30.3 Å². The van der Waals surface area contributed by atoms with Crippen LogP contribution in [0.25, 0.3) is 0 Å². The van der Waals surface area contributed by atoms with Crippen molar-refractivity contribution in [2.24, 2.45) is 5.73 Å². The lowest BCUT2D eigenvalue weighted by atomic mass is 9.93. The van der Waals surface area contributed by atoms with Crippen molar-refractivity contribution in [1.29, 1.82) is 0 Å². The van der Waals surface area contributed by atoms with Gasteiger partial charge in [0.1, 0.15) is 36.6 Å². The molecule has 0 amide bonds. The van der Waals surface area contributed by atoms with E-state index in [1.165, 1.54) is 0 Å². The molecule has 1 aromatic rings. The average Bonchev–Trinajstić information content (AvgIpc) is 3.51. The monoisotopic (exact) mass is 523 g/mol. The molecule has 10 nitrogen and oxygen atoms in total. The number of benzene rings is 1. The smallest absolute Gasteiger partial charge is 0.190 e. The fraction of sp³-hybridized carbons (Fsp3) is 0.778. The highest BCUT2D eigenvalue weighted by atomic mass is 16.8. The molecule has 4 saturated heterocycles. The molecule has 4 aliphatic heterocycles. The number of hydrogen-bond acceptors (Lipinski definition) is 10. The lowest BCUT2D eigenvalue weighted by Crippen LogP contribution is -2.51. The maximum Gasteiger partial charge on any atom is 0.190 e. The Morgan fingerprint density at radius 3 is 2.24 bits per heavy atom. The number of ether oxygens (including phenoxy) is 8. The largest absolute Gasteiger partial charge is 0.390 e. The third kappa shape index (κ3) is 6.04. The molecule has 37 heavy (non-hydrogen) atoms. The standard InChI is InChI=1S/C27H41NO9/c1-25(2)31-14-18(33-25)21-19(34-26(3,4)35-21)16(28)12-17(29)20-22(30-13-15-10-8-7-9-11-15)23-24(32-20)37-27(5,6)36-23/h7-11,16-24,29H,12-14,28H2,1-6H3/t16?,17-,18-,19-,20-,21-,22+,23-,24-/m1/s1. The Morgan fingerprint density at radius 2 is 1.57 bits per heavy atom. The Kier molecular flexibility index (Phi) is 7.47. The van der Waals surface area contributed by atoms with E-state index >= 15 is 0 Å². The molecule has 0 aliphatic carbocycles. The number of nitrogens with two attached hydrogens (primary N) is 1. The molecule has 0 radical (unpaired) electrons. The van der Waals surface area contributed by atoms with Crippen molar-refractivity contribution >= 4 is 0 Å². The predicted molar refractivity (Wildman–Crippen MR) is 131 cm³/mol. The zero-order chi connectivity index (χ0) is 26.6. The Morgan fingerprint density at radius 1 is 0.892 bits per heavy atom. The second kappa shape index (κ2) is 10.1. The van der Waals surface area contributed by atoms with Crippen molar-refractivity contribution in [2.45, 2.75) is 127 Å². The summed E-state index contributed by atoms with van der Waals surface area (Å²) >= 11 is 0. The average molecular weight is 524 g/mol. The molecule has 4 fully saturated rings. The lowest BCUT2D eigenvalue weighted by Gasteiger charge is -2.32. The Hall–Kier alpha value is -1.18. The summed E-state index contributed by atoms with van der Waals surface area (Å²) in [6, 6.07) is 9.28. The third-order valence-corrected chi connectivity index (χ3v) is 7.19. The van der Waals surface area contributed by atoms with Crippen LogP contribution in [0.4, 0.5) is 0 Å². The van der Waals surface area contributed by atoms with Gasteiger partial charge < -0.3 is 48.7 Å². The predicted octanol–water partition coefficient (Wildman–Crippen LogP) is 2.20. The second-order valence-electron chi connectivity index (χ2n) is 11.7. The van der Waals surface area contributed by atoms with Crippen molar-refractivity contribution in [1.82, 2.24) is 0 Å². The number of rotatable bonds is 8. The van der Waals surface area contributed by atoms with Gasteiger partial charge >= 0.3 is 0 Å². The fourth-order valence-corrected chi connectivity index (χ4v) is 5.63. The Labute approximate surface area is 218 Å². The first-order valence-corrected chi connectivity index (χ1v) is 13.1. The van der Waals surface area contributed by atoms with Gasteiger partial charge in [0, 0.05) is 6.04 Å². The van der Waals surface area contributed by atoms with Crippen LogP contribution in [0, 0.1) is 0 Å². The molecule has 4 aliphatic rings. The van der Waals surface area contributed by atoms with Crippen molar-refractivity contribution in [3.63, 3.8) is 0 Å². The van der Waals surface area contributed by atoms with Gasteiger partial charge in [-0.3, -0.25) is 0 Å². The molecule has 1 unspecified atom stereocenters. The minimum absolute atomic E-state index is 0.191. The molecule has 3 N–H and O–H groups in total. The van der Waals surface area contributed by atoms with Gasteiger partial charge in [-0.2, -0.15) is 0 Å². The van der Waals surface area contributed by atoms with Gasteiger partial charge in [0.2, 0.25) is 0 Å². The van der Waals surface area contributed by atoms with Crippen molar-refractivity contribution < 1.29 is 43.0 Å². The second-order valence-corrected chi connectivity index (χ2v) is 11.7. The van der Waals surface area contributed by atoms with Crippen molar-refractivity contribution in [2.75, 3.05) is 6.61 Å². The molecular weight excluding hydrogens is 482 g/mol. The van der Waals surface area contributed by atoms with Crippen LogP contribution in [0.1, 0.15) is 53.5 Å². The van der Waals surface area contributed by atoms with Gasteiger partial charge in [-0.05, 0) is 53.5 Å². The summed E-state index contributed by atoms with van der Waals surface area (Å²) in [6.45, 7) is 11.8. The van der Waals surface area contributed by atoms with Gasteiger partial charge in [0.25, 0.3) is 0 Å². The van der Waals surface area contributed by atoms with E-state index in [9.17, 15) is 5.11 Å². The molecule has 0 spiro atoms. The quantitative estimate of drug-likeness (QED) is 0.525. The maximum atomic E-state index is 11.3. The Balaban J connectivity index is 1.27. The zero-order valence-electron chi connectivity index (χ0n) is 22.5. The van der Waals surface area contributed by atoms with Crippen LogP contribution in [-0.4, -0.2) is 84.1 Å². The summed E-state index contributed by atoms with van der Waals surface area (Å²) in [5.74, 6) is -2.36. The topological polar surface area (TPSA) is 120 Å². The van der Waals surface area contributed by atoms with Crippen LogP contribution < -0.4 is 5.73 Å². The molecule has 10 heteroatoms. The highest BCUT2D eigenvalue weighted by Crippen LogP contribution is 2.41. The SMILES string of the molecule is CC1(C)O[C@H]2O[C@H]([C@H](O)CC(N)[C@H]3OC(C)(C)O[C@@H]3[C@H]3COC(C)(C)O3)[C@H](OCc3ccccc3)[C@H]2O1. The maximum absolute atomic E-state index is 11.3. The highest BCUT2D eigenvalue weighted by Gasteiger charge is 2.58. The minimum Gasteiger partial charge on any atom is -0.390 e. The van der Waals surface area contributed by atoms with E-state index in [2.05, 4.69) is 0 Å². The first kappa shape index (κ1) is 27.4. The van der Waals surface area contributed by atoms with E-state index in [0.717, 1.165) is 5.56 Å². The number of aliphatic hydroxyl groups excluding tert-OH is 1. The van der Waals surface area contributed by atoms with Gasteiger partial charge in [0.15, 0.2) is 23.7 Å². The highest BCUT2D eigenvalue weighted by molar-refractivity contribution is 5.13. The zero-order valence-corrected chi connectivity index (χ0v) is 22.5. The van der Waals surface area contributed by atoms with Gasteiger partial charge in [-0.15, -0.1) is 0 Å². The van der Waals surface area contributed by atoms with E-state index in [1.807, 2.05) is 71.9 Å². The number of aliphatic hydroxyl groups is 1. The normalized spacial score (nSPS) is 39.5. The van der Waals surface area contributed by atoms with Crippen molar-refractivity contribution in [3.8, 4) is 0 Å². The van der Waals surface area contributed by atoms with Crippen LogP contribution in [0.15, 0.2) is 30.3 Å². The third-order valence-electron chi connectivity index (χ3n) is 7.19. The minimum atomic E-state index is -0.957. The lowest BCUT2D eigenvalue weighted by molar-refractivity contribution is -0.231. The summed E-state index contributed by atoms with van der Waals surface area (Å²) < 4.78 is 48.6. The van der Waals surface area contributed by atoms with Crippen LogP contribution >= 0.6 is 0 Å². The van der Waals surface area contributed by atoms with Crippen LogP contribution in [0.5, 0.6) is 0 Å². The molecule has 1 aromatic carbocycles. The summed E-state index contributed by atoms with van der Waals surface area (Å²) in [5, 5.41) is 11.3. The Bertz CT molecular complexity index is 926. The molecule has 208 valence electrons. The summed E-state index contributed by atoms with van der Waals surface area (Å²) in [7, 11) is 0. The molecule has 4 heterocycles. The molecule has 9 atom stereocenters. The van der Waals surface area contributed by atoms with Crippen molar-refractivity contribution in [3.05, 3.63) is 35.9 Å². The van der Waals surface area contributed by atoms with Gasteiger partial charge in [0.05, 0.1) is 19.3 Å². The molecule has 0 aromatic heterocycles. The van der Waals surface area contributed by atoms with Crippen LogP contribution in [0.2, 0.25) is 0 Å². The summed E-state index contributed by atoms with van der Waals surface area (Å²) in [5.41, 5.74) is 7.65. The van der Waals surface area contributed by atoms with E-state index in [0.29, 0.717) is 13.2 Å². The van der Waals surface area contributed by atoms with E-state index in [1.54, 1.807) is 0 Å². The van der Waals surface area contributed by atoms with Gasteiger partial charge in [-0.25, -0.2) is 0 Å². The molecule has 0 bridgehead atoms. The fourth-order valence-electron chi connectivity index (χ4n) is 5.63. The van der Waals surface area contributed by atoms with Crippen LogP contribution in [-0.2, 0) is 44.5 Å². The van der Waals surface area contributed by atoms with Crippen LogP contribution in [0.3, 0.4) is 0 Å². The summed E-state index contributed by atoms with van der Waals surface area (Å²) in [6.07, 6.45) is -4.41. The molecule has 0 saturated carbocycles. The number of fused-ring (bicyclic) bond motifs is 1. The number of hydrogen-bond donors (Lipinski definition) is 2.